The van der Waals surface area contributed by atoms with Crippen LogP contribution in [-0.4, -0.2) is 17.7 Å². The molecule has 0 amide bonds. The molecule has 3 heteroatoms. The second-order valence-electron chi connectivity index (χ2n) is 4.16. The molecular weight excluding hydrogens is 193 g/mol. The molecule has 1 fully saturated rings. The zero-order valence-electron chi connectivity index (χ0n) is 8.83. The van der Waals surface area contributed by atoms with E-state index in [1.54, 1.807) is 19.1 Å². The summed E-state index contributed by atoms with van der Waals surface area (Å²) in [5.41, 5.74) is 1.28. The molecule has 2 nitrogen and oxygen atoms in total. The maximum absolute atomic E-state index is 13.3. The molecule has 0 spiro atoms. The first-order chi connectivity index (χ1) is 7.18. The molecule has 0 radical (unpaired) electrons. The lowest BCUT2D eigenvalue weighted by Crippen LogP contribution is -2.28. The second-order valence-corrected chi connectivity index (χ2v) is 4.16. The van der Waals surface area contributed by atoms with Crippen LogP contribution in [0.2, 0.25) is 0 Å². The number of nitrogens with one attached hydrogen (secondary N) is 1. The lowest BCUT2D eigenvalue weighted by atomic mass is 10.00. The Kier molecular flexibility index (Phi) is 3.03. The monoisotopic (exact) mass is 209 g/mol. The fourth-order valence-corrected chi connectivity index (χ4v) is 2.01. The van der Waals surface area contributed by atoms with Crippen LogP contribution in [0.4, 0.5) is 4.39 Å². The summed E-state index contributed by atoms with van der Waals surface area (Å²) in [5.74, 6) is -0.246. The van der Waals surface area contributed by atoms with Gasteiger partial charge in [-0.3, -0.25) is 0 Å². The lowest BCUT2D eigenvalue weighted by molar-refractivity contribution is 0.137. The normalized spacial score (nSPS) is 23.0. The Bertz CT molecular complexity index is 347. The van der Waals surface area contributed by atoms with Crippen molar-refractivity contribution >= 4 is 0 Å². The number of halogens is 1. The van der Waals surface area contributed by atoms with Crippen molar-refractivity contribution in [1.29, 1.82) is 0 Å². The molecule has 0 aromatic heterocycles. The molecule has 2 N–H and O–H groups in total. The Morgan fingerprint density at radius 1 is 1.53 bits per heavy atom. The molecule has 0 aliphatic carbocycles. The van der Waals surface area contributed by atoms with Crippen LogP contribution in [0.25, 0.3) is 0 Å². The fraction of sp³-hybridized carbons (Fsp3) is 0.500. The van der Waals surface area contributed by atoms with Gasteiger partial charge in [-0.25, -0.2) is 4.39 Å². The van der Waals surface area contributed by atoms with Crippen molar-refractivity contribution in [2.24, 2.45) is 0 Å². The molecule has 1 aliphatic heterocycles. The van der Waals surface area contributed by atoms with E-state index < -0.39 is 6.10 Å². The molecule has 1 aliphatic rings. The maximum atomic E-state index is 13.3. The van der Waals surface area contributed by atoms with Gasteiger partial charge in [-0.15, -0.1) is 0 Å². The van der Waals surface area contributed by atoms with Crippen molar-refractivity contribution in [3.05, 3.63) is 35.1 Å². The molecule has 82 valence electrons. The van der Waals surface area contributed by atoms with Crippen molar-refractivity contribution in [2.75, 3.05) is 6.54 Å². The highest BCUT2D eigenvalue weighted by Gasteiger charge is 2.24. The highest BCUT2D eigenvalue weighted by Crippen LogP contribution is 2.24. The van der Waals surface area contributed by atoms with Crippen molar-refractivity contribution in [3.63, 3.8) is 0 Å². The van der Waals surface area contributed by atoms with Crippen molar-refractivity contribution < 1.29 is 9.50 Å². The predicted molar refractivity (Wildman–Crippen MR) is 57.1 cm³/mol. The molecule has 1 saturated heterocycles. The van der Waals surface area contributed by atoms with Crippen molar-refractivity contribution in [1.82, 2.24) is 5.32 Å². The van der Waals surface area contributed by atoms with Gasteiger partial charge in [-0.1, -0.05) is 12.1 Å². The van der Waals surface area contributed by atoms with Crippen molar-refractivity contribution in [3.8, 4) is 0 Å². The van der Waals surface area contributed by atoms with Gasteiger partial charge in [-0.2, -0.15) is 0 Å². The lowest BCUT2D eigenvalue weighted by Gasteiger charge is -2.18. The Labute approximate surface area is 89.1 Å². The summed E-state index contributed by atoms with van der Waals surface area (Å²) in [7, 11) is 0. The van der Waals surface area contributed by atoms with Gasteiger partial charge in [0.05, 0.1) is 6.10 Å². The minimum Gasteiger partial charge on any atom is -0.387 e. The molecule has 2 atom stereocenters. The van der Waals surface area contributed by atoms with Crippen molar-refractivity contribution in [2.45, 2.75) is 31.9 Å². The summed E-state index contributed by atoms with van der Waals surface area (Å²) in [4.78, 5) is 0. The Morgan fingerprint density at radius 2 is 2.33 bits per heavy atom. The summed E-state index contributed by atoms with van der Waals surface area (Å²) >= 11 is 0. The standard InChI is InChI=1S/C12H16FNO/c1-8-4-5-9(7-10(8)13)12(15)11-3-2-6-14-11/h4-5,7,11-12,14-15H,2-3,6H2,1H3/t11-,12?/m0/s1. The number of aliphatic hydroxyl groups excluding tert-OH is 1. The molecule has 0 bridgehead atoms. The molecule has 1 aromatic rings. The molecule has 0 saturated carbocycles. The second kappa shape index (κ2) is 4.29. The zero-order chi connectivity index (χ0) is 10.8. The first kappa shape index (κ1) is 10.6. The summed E-state index contributed by atoms with van der Waals surface area (Å²) < 4.78 is 13.3. The molecule has 1 aromatic carbocycles. The van der Waals surface area contributed by atoms with E-state index in [1.165, 1.54) is 6.07 Å². The van der Waals surface area contributed by atoms with E-state index in [0.29, 0.717) is 11.1 Å². The van der Waals surface area contributed by atoms with Crippen LogP contribution in [0.1, 0.15) is 30.1 Å². The van der Waals surface area contributed by atoms with Gasteiger partial charge in [0, 0.05) is 6.04 Å². The summed E-state index contributed by atoms with van der Waals surface area (Å²) in [5, 5.41) is 13.2. The highest BCUT2D eigenvalue weighted by molar-refractivity contribution is 5.26. The molecule has 1 heterocycles. The van der Waals surface area contributed by atoms with Crippen LogP contribution < -0.4 is 5.32 Å². The number of rotatable bonds is 2. The Hall–Kier alpha value is -0.930. The average molecular weight is 209 g/mol. The molecule has 2 rings (SSSR count). The van der Waals surface area contributed by atoms with Crippen LogP contribution in [0, 0.1) is 12.7 Å². The third-order valence-electron chi connectivity index (χ3n) is 3.02. The number of hydrogen-bond acceptors (Lipinski definition) is 2. The van der Waals surface area contributed by atoms with Gasteiger partial charge < -0.3 is 10.4 Å². The van der Waals surface area contributed by atoms with E-state index in [2.05, 4.69) is 5.32 Å². The molecule has 1 unspecified atom stereocenters. The smallest absolute Gasteiger partial charge is 0.126 e. The Morgan fingerprint density at radius 3 is 2.93 bits per heavy atom. The highest BCUT2D eigenvalue weighted by atomic mass is 19.1. The third kappa shape index (κ3) is 2.19. The van der Waals surface area contributed by atoms with E-state index in [0.717, 1.165) is 19.4 Å². The van der Waals surface area contributed by atoms with E-state index in [4.69, 9.17) is 0 Å². The quantitative estimate of drug-likeness (QED) is 0.780. The molecule has 15 heavy (non-hydrogen) atoms. The summed E-state index contributed by atoms with van der Waals surface area (Å²) in [6.45, 7) is 2.66. The summed E-state index contributed by atoms with van der Waals surface area (Å²) in [6.07, 6.45) is 1.44. The van der Waals surface area contributed by atoms with E-state index in [-0.39, 0.29) is 11.9 Å². The number of hydrogen-bond donors (Lipinski definition) is 2. The van der Waals surface area contributed by atoms with E-state index >= 15 is 0 Å². The minimum atomic E-state index is -0.595. The molecular formula is C12H16FNO. The van der Waals surface area contributed by atoms with Gasteiger partial charge in [0.25, 0.3) is 0 Å². The minimum absolute atomic E-state index is 0.0760. The SMILES string of the molecule is Cc1ccc(C(O)[C@@H]2CCCN2)cc1F. The number of aliphatic hydroxyl groups is 1. The number of benzene rings is 1. The van der Waals surface area contributed by atoms with Crippen LogP contribution >= 0.6 is 0 Å². The fourth-order valence-electron chi connectivity index (χ4n) is 2.01. The van der Waals surface area contributed by atoms with Gasteiger partial charge in [0.1, 0.15) is 5.82 Å². The number of aryl methyl sites for hydroxylation is 1. The van der Waals surface area contributed by atoms with Crippen LogP contribution in [0.15, 0.2) is 18.2 Å². The van der Waals surface area contributed by atoms with E-state index in [1.807, 2.05) is 0 Å². The third-order valence-corrected chi connectivity index (χ3v) is 3.02. The van der Waals surface area contributed by atoms with Gasteiger partial charge in [0.2, 0.25) is 0 Å². The van der Waals surface area contributed by atoms with Crippen LogP contribution in [0.3, 0.4) is 0 Å². The van der Waals surface area contributed by atoms with Gasteiger partial charge in [0.15, 0.2) is 0 Å². The van der Waals surface area contributed by atoms with Gasteiger partial charge >= 0.3 is 0 Å². The summed E-state index contributed by atoms with van der Waals surface area (Å²) in [6, 6.07) is 5.01. The Balaban J connectivity index is 2.17. The van der Waals surface area contributed by atoms with E-state index in [9.17, 15) is 9.50 Å². The zero-order valence-corrected chi connectivity index (χ0v) is 8.83. The van der Waals surface area contributed by atoms with Crippen LogP contribution in [0.5, 0.6) is 0 Å². The first-order valence-electron chi connectivity index (χ1n) is 5.36. The first-order valence-corrected chi connectivity index (χ1v) is 5.36. The van der Waals surface area contributed by atoms with Crippen LogP contribution in [-0.2, 0) is 0 Å². The van der Waals surface area contributed by atoms with Gasteiger partial charge in [-0.05, 0) is 43.5 Å². The largest absolute Gasteiger partial charge is 0.387 e. The topological polar surface area (TPSA) is 32.3 Å². The maximum Gasteiger partial charge on any atom is 0.126 e. The predicted octanol–water partition coefficient (Wildman–Crippen LogP) is 1.92. The average Bonchev–Trinajstić information content (AvgIpc) is 2.74.